The normalized spacial score (nSPS) is 20.3. The molecule has 0 spiro atoms. The third-order valence-electron chi connectivity index (χ3n) is 3.25. The van der Waals surface area contributed by atoms with Gasteiger partial charge in [0.2, 0.25) is 5.91 Å². The molecule has 0 aromatic carbocycles. The van der Waals surface area contributed by atoms with Crippen LogP contribution in [0.15, 0.2) is 0 Å². The van der Waals surface area contributed by atoms with Crippen molar-refractivity contribution in [2.75, 3.05) is 32.7 Å². The second-order valence-electron chi connectivity index (χ2n) is 4.18. The number of hydrogen-bond acceptors (Lipinski definition) is 3. The highest BCUT2D eigenvalue weighted by molar-refractivity contribution is 5.73. The lowest BCUT2D eigenvalue weighted by molar-refractivity contribution is -0.130. The predicted molar refractivity (Wildman–Crippen MR) is 61.6 cm³/mol. The molecule has 1 rings (SSSR count). The van der Waals surface area contributed by atoms with E-state index >= 15 is 0 Å². The van der Waals surface area contributed by atoms with Crippen LogP contribution in [0.1, 0.15) is 26.7 Å². The summed E-state index contributed by atoms with van der Waals surface area (Å²) in [7, 11) is 0. The SMILES string of the molecule is CCC(CCN)N1CCN(C(C)=O)CC1. The first-order valence-electron chi connectivity index (χ1n) is 5.88. The summed E-state index contributed by atoms with van der Waals surface area (Å²) in [5, 5.41) is 0. The Morgan fingerprint density at radius 1 is 1.33 bits per heavy atom. The summed E-state index contributed by atoms with van der Waals surface area (Å²) >= 11 is 0. The molecule has 0 radical (unpaired) electrons. The first-order chi connectivity index (χ1) is 7.19. The smallest absolute Gasteiger partial charge is 0.219 e. The minimum absolute atomic E-state index is 0.196. The average molecular weight is 213 g/mol. The Balaban J connectivity index is 2.38. The van der Waals surface area contributed by atoms with Crippen LogP contribution in [0.2, 0.25) is 0 Å². The van der Waals surface area contributed by atoms with Crippen molar-refractivity contribution in [1.82, 2.24) is 9.80 Å². The molecule has 1 aliphatic rings. The lowest BCUT2D eigenvalue weighted by Gasteiger charge is -2.38. The van der Waals surface area contributed by atoms with Crippen molar-refractivity contribution in [3.05, 3.63) is 0 Å². The van der Waals surface area contributed by atoms with Gasteiger partial charge in [0.05, 0.1) is 0 Å². The molecule has 0 bridgehead atoms. The summed E-state index contributed by atoms with van der Waals surface area (Å²) in [6.45, 7) is 8.35. The third-order valence-corrected chi connectivity index (χ3v) is 3.25. The van der Waals surface area contributed by atoms with Gasteiger partial charge in [-0.05, 0) is 19.4 Å². The van der Waals surface area contributed by atoms with Crippen LogP contribution in [-0.4, -0.2) is 54.5 Å². The van der Waals surface area contributed by atoms with Crippen LogP contribution >= 0.6 is 0 Å². The molecule has 1 heterocycles. The molecular weight excluding hydrogens is 190 g/mol. The van der Waals surface area contributed by atoms with Crippen molar-refractivity contribution in [2.24, 2.45) is 5.73 Å². The van der Waals surface area contributed by atoms with E-state index in [2.05, 4.69) is 11.8 Å². The molecule has 1 atom stereocenters. The van der Waals surface area contributed by atoms with Crippen LogP contribution in [0.25, 0.3) is 0 Å². The van der Waals surface area contributed by atoms with Crippen molar-refractivity contribution in [3.8, 4) is 0 Å². The quantitative estimate of drug-likeness (QED) is 0.729. The lowest BCUT2D eigenvalue weighted by atomic mass is 10.1. The van der Waals surface area contributed by atoms with Gasteiger partial charge in [-0.3, -0.25) is 9.69 Å². The van der Waals surface area contributed by atoms with E-state index in [0.29, 0.717) is 6.04 Å². The Bertz CT molecular complexity index is 200. The van der Waals surface area contributed by atoms with Gasteiger partial charge in [-0.1, -0.05) is 6.92 Å². The molecule has 15 heavy (non-hydrogen) atoms. The summed E-state index contributed by atoms with van der Waals surface area (Å²) in [6, 6.07) is 0.601. The van der Waals surface area contributed by atoms with Crippen molar-refractivity contribution in [3.63, 3.8) is 0 Å². The summed E-state index contributed by atoms with van der Waals surface area (Å²) in [6.07, 6.45) is 2.22. The number of hydrogen-bond donors (Lipinski definition) is 1. The van der Waals surface area contributed by atoms with Gasteiger partial charge in [-0.15, -0.1) is 0 Å². The highest BCUT2D eigenvalue weighted by Crippen LogP contribution is 2.11. The first-order valence-corrected chi connectivity index (χ1v) is 5.88. The van der Waals surface area contributed by atoms with E-state index in [1.807, 2.05) is 4.90 Å². The van der Waals surface area contributed by atoms with Crippen LogP contribution in [0.5, 0.6) is 0 Å². The molecule has 2 N–H and O–H groups in total. The first kappa shape index (κ1) is 12.5. The maximum Gasteiger partial charge on any atom is 0.219 e. The Morgan fingerprint density at radius 3 is 2.33 bits per heavy atom. The van der Waals surface area contributed by atoms with Crippen LogP contribution in [0.4, 0.5) is 0 Å². The fourth-order valence-electron chi connectivity index (χ4n) is 2.24. The van der Waals surface area contributed by atoms with Crippen molar-refractivity contribution in [2.45, 2.75) is 32.7 Å². The highest BCUT2D eigenvalue weighted by Gasteiger charge is 2.22. The Morgan fingerprint density at radius 2 is 1.93 bits per heavy atom. The van der Waals surface area contributed by atoms with Gasteiger partial charge in [0.15, 0.2) is 0 Å². The topological polar surface area (TPSA) is 49.6 Å². The zero-order chi connectivity index (χ0) is 11.3. The lowest BCUT2D eigenvalue weighted by Crippen LogP contribution is -2.51. The molecule has 1 fully saturated rings. The Labute approximate surface area is 92.4 Å². The zero-order valence-corrected chi connectivity index (χ0v) is 9.91. The van der Waals surface area contributed by atoms with Gasteiger partial charge in [0.1, 0.15) is 0 Å². The summed E-state index contributed by atoms with van der Waals surface area (Å²) in [4.78, 5) is 15.5. The molecule has 1 aliphatic heterocycles. The molecule has 4 heteroatoms. The Hall–Kier alpha value is -0.610. The molecule has 0 saturated carbocycles. The van der Waals surface area contributed by atoms with Gasteiger partial charge in [-0.25, -0.2) is 0 Å². The molecular formula is C11H23N3O. The number of rotatable bonds is 4. The monoisotopic (exact) mass is 213 g/mol. The van der Waals surface area contributed by atoms with Gasteiger partial charge >= 0.3 is 0 Å². The number of amides is 1. The summed E-state index contributed by atoms with van der Waals surface area (Å²) in [5.74, 6) is 0.196. The molecule has 88 valence electrons. The largest absolute Gasteiger partial charge is 0.340 e. The van der Waals surface area contributed by atoms with E-state index in [0.717, 1.165) is 45.6 Å². The van der Waals surface area contributed by atoms with Crippen molar-refractivity contribution < 1.29 is 4.79 Å². The number of nitrogens with zero attached hydrogens (tertiary/aromatic N) is 2. The minimum atomic E-state index is 0.196. The Kier molecular flexibility index (Phi) is 5.05. The highest BCUT2D eigenvalue weighted by atomic mass is 16.2. The molecule has 1 amide bonds. The summed E-state index contributed by atoms with van der Waals surface area (Å²) < 4.78 is 0. The minimum Gasteiger partial charge on any atom is -0.340 e. The van der Waals surface area contributed by atoms with E-state index in [-0.39, 0.29) is 5.91 Å². The number of piperazine rings is 1. The maximum atomic E-state index is 11.2. The molecule has 0 aromatic rings. The molecule has 1 saturated heterocycles. The fourth-order valence-corrected chi connectivity index (χ4v) is 2.24. The van der Waals surface area contributed by atoms with Crippen LogP contribution < -0.4 is 5.73 Å². The molecule has 1 unspecified atom stereocenters. The van der Waals surface area contributed by atoms with E-state index in [1.165, 1.54) is 0 Å². The van der Waals surface area contributed by atoms with Gasteiger partial charge in [0, 0.05) is 39.1 Å². The standard InChI is InChI=1S/C11H23N3O/c1-3-11(4-5-12)14-8-6-13(7-9-14)10(2)15/h11H,3-9,12H2,1-2H3. The van der Waals surface area contributed by atoms with Crippen LogP contribution in [-0.2, 0) is 4.79 Å². The second kappa shape index (κ2) is 6.08. The molecule has 4 nitrogen and oxygen atoms in total. The van der Waals surface area contributed by atoms with Crippen LogP contribution in [0.3, 0.4) is 0 Å². The van der Waals surface area contributed by atoms with Crippen molar-refractivity contribution >= 4 is 5.91 Å². The van der Waals surface area contributed by atoms with E-state index < -0.39 is 0 Å². The van der Waals surface area contributed by atoms with Gasteiger partial charge in [0.25, 0.3) is 0 Å². The zero-order valence-electron chi connectivity index (χ0n) is 9.91. The third kappa shape index (κ3) is 3.47. The van der Waals surface area contributed by atoms with Gasteiger partial charge < -0.3 is 10.6 Å². The van der Waals surface area contributed by atoms with E-state index in [4.69, 9.17) is 5.73 Å². The molecule has 0 aromatic heterocycles. The molecule has 0 aliphatic carbocycles. The maximum absolute atomic E-state index is 11.2. The number of carbonyl (C=O) groups excluding carboxylic acids is 1. The second-order valence-corrected chi connectivity index (χ2v) is 4.18. The van der Waals surface area contributed by atoms with Gasteiger partial charge in [-0.2, -0.15) is 0 Å². The summed E-state index contributed by atoms with van der Waals surface area (Å²) in [5.41, 5.74) is 5.60. The van der Waals surface area contributed by atoms with Crippen LogP contribution in [0, 0.1) is 0 Å². The number of nitrogens with two attached hydrogens (primary N) is 1. The van der Waals surface area contributed by atoms with E-state index in [1.54, 1.807) is 6.92 Å². The number of carbonyl (C=O) groups is 1. The predicted octanol–water partition coefficient (Wildman–Crippen LogP) is 0.278. The fraction of sp³-hybridized carbons (Fsp3) is 0.909. The van der Waals surface area contributed by atoms with Crippen molar-refractivity contribution in [1.29, 1.82) is 0 Å². The average Bonchev–Trinajstić information content (AvgIpc) is 2.26. The van der Waals surface area contributed by atoms with E-state index in [9.17, 15) is 4.79 Å².